The highest BCUT2D eigenvalue weighted by molar-refractivity contribution is 4.93. The average Bonchev–Trinajstić information content (AvgIpc) is 3.07. The van der Waals surface area contributed by atoms with Gasteiger partial charge in [0.15, 0.2) is 0 Å². The number of nitrogens with one attached hydrogen (secondary N) is 1. The van der Waals surface area contributed by atoms with E-state index in [2.05, 4.69) is 50.8 Å². The van der Waals surface area contributed by atoms with Crippen LogP contribution in [-0.4, -0.2) is 36.1 Å². The van der Waals surface area contributed by atoms with Gasteiger partial charge in [0, 0.05) is 18.1 Å². The summed E-state index contributed by atoms with van der Waals surface area (Å²) in [5, 5.41) is 3.59. The lowest BCUT2D eigenvalue weighted by Gasteiger charge is -2.33. The third-order valence-electron chi connectivity index (χ3n) is 3.84. The zero-order chi connectivity index (χ0) is 13.8. The van der Waals surface area contributed by atoms with E-state index in [0.717, 1.165) is 19.0 Å². The predicted molar refractivity (Wildman–Crippen MR) is 79.5 cm³/mol. The van der Waals surface area contributed by atoms with Crippen LogP contribution < -0.4 is 5.32 Å². The second-order valence-corrected chi connectivity index (χ2v) is 6.93. The van der Waals surface area contributed by atoms with Crippen LogP contribution in [0.25, 0.3) is 0 Å². The molecule has 1 rings (SSSR count). The summed E-state index contributed by atoms with van der Waals surface area (Å²) in [6, 6.07) is 0.552. The van der Waals surface area contributed by atoms with Gasteiger partial charge in [-0.1, -0.05) is 12.8 Å². The molecule has 2 nitrogen and oxygen atoms in total. The predicted octanol–water partition coefficient (Wildman–Crippen LogP) is 2.74. The second-order valence-electron chi connectivity index (χ2n) is 6.93. The number of nitrogens with zero attached hydrogens (tertiary/aromatic N) is 1. The molecule has 104 valence electrons. The maximum Gasteiger partial charge on any atom is 0.0601 e. The lowest BCUT2D eigenvalue weighted by molar-refractivity contribution is 0.166. The van der Waals surface area contributed by atoms with Crippen LogP contribution in [0.3, 0.4) is 0 Å². The number of rotatable bonds is 7. The van der Waals surface area contributed by atoms with Gasteiger partial charge in [0.25, 0.3) is 0 Å². The maximum absolute atomic E-state index is 5.50. The fraction of sp³-hybridized carbons (Fsp3) is 0.875. The topological polar surface area (TPSA) is 15.3 Å². The summed E-state index contributed by atoms with van der Waals surface area (Å²) in [5.74, 6) is 4.34. The monoisotopic (exact) mass is 250 g/mol. The molecule has 1 fully saturated rings. The van der Waals surface area contributed by atoms with Crippen LogP contribution in [0, 0.1) is 24.2 Å². The van der Waals surface area contributed by atoms with E-state index in [1.165, 1.54) is 19.4 Å². The zero-order valence-corrected chi connectivity index (χ0v) is 12.8. The standard InChI is InChI=1S/C16H30N2/c1-7-10-18(12-15-8-9-15)14(3)13(2)11-17-16(4,5)6/h1,13-15,17H,8-12H2,2-6H3. The van der Waals surface area contributed by atoms with E-state index in [1.54, 1.807) is 0 Å². The fourth-order valence-corrected chi connectivity index (χ4v) is 2.12. The quantitative estimate of drug-likeness (QED) is 0.699. The lowest BCUT2D eigenvalue weighted by atomic mass is 9.99. The molecule has 1 saturated carbocycles. The molecule has 0 aliphatic heterocycles. The van der Waals surface area contributed by atoms with Gasteiger partial charge in [-0.3, -0.25) is 4.90 Å². The minimum Gasteiger partial charge on any atom is -0.312 e. The van der Waals surface area contributed by atoms with Crippen molar-refractivity contribution in [2.45, 2.75) is 59.0 Å². The van der Waals surface area contributed by atoms with Gasteiger partial charge in [0.05, 0.1) is 6.54 Å². The maximum atomic E-state index is 5.50. The molecular formula is C16H30N2. The van der Waals surface area contributed by atoms with Crippen molar-refractivity contribution in [1.29, 1.82) is 0 Å². The van der Waals surface area contributed by atoms with E-state index >= 15 is 0 Å². The molecule has 1 aliphatic rings. The Kier molecular flexibility index (Phi) is 5.69. The van der Waals surface area contributed by atoms with E-state index in [9.17, 15) is 0 Å². The third kappa shape index (κ3) is 5.89. The highest BCUT2D eigenvalue weighted by Gasteiger charge is 2.28. The molecule has 0 aromatic heterocycles. The van der Waals surface area contributed by atoms with Crippen molar-refractivity contribution in [2.24, 2.45) is 11.8 Å². The lowest BCUT2D eigenvalue weighted by Crippen LogP contribution is -2.46. The number of hydrogen-bond acceptors (Lipinski definition) is 2. The molecule has 0 aromatic rings. The summed E-state index contributed by atoms with van der Waals surface area (Å²) >= 11 is 0. The second kappa shape index (κ2) is 6.59. The third-order valence-corrected chi connectivity index (χ3v) is 3.84. The van der Waals surface area contributed by atoms with Crippen LogP contribution in [0.1, 0.15) is 47.5 Å². The van der Waals surface area contributed by atoms with Crippen molar-refractivity contribution >= 4 is 0 Å². The Morgan fingerprint density at radius 1 is 1.33 bits per heavy atom. The van der Waals surface area contributed by atoms with Crippen LogP contribution in [0.5, 0.6) is 0 Å². The zero-order valence-electron chi connectivity index (χ0n) is 12.8. The van der Waals surface area contributed by atoms with Crippen LogP contribution in [0.15, 0.2) is 0 Å². The number of terminal acetylenes is 1. The van der Waals surface area contributed by atoms with Gasteiger partial charge < -0.3 is 5.32 Å². The summed E-state index contributed by atoms with van der Waals surface area (Å²) in [6.45, 7) is 14.3. The van der Waals surface area contributed by atoms with E-state index in [-0.39, 0.29) is 5.54 Å². The summed E-state index contributed by atoms with van der Waals surface area (Å²) < 4.78 is 0. The minimum absolute atomic E-state index is 0.196. The summed E-state index contributed by atoms with van der Waals surface area (Å²) in [5.41, 5.74) is 0.196. The fourth-order valence-electron chi connectivity index (χ4n) is 2.12. The van der Waals surface area contributed by atoms with Gasteiger partial charge in [-0.05, 0) is 58.9 Å². The van der Waals surface area contributed by atoms with E-state index in [1.807, 2.05) is 0 Å². The molecule has 0 saturated heterocycles. The molecule has 2 atom stereocenters. The normalized spacial score (nSPS) is 19.6. The van der Waals surface area contributed by atoms with Gasteiger partial charge in [-0.25, -0.2) is 0 Å². The van der Waals surface area contributed by atoms with Crippen LogP contribution in [0.2, 0.25) is 0 Å². The Balaban J connectivity index is 2.42. The summed E-state index contributed by atoms with van der Waals surface area (Å²) in [4.78, 5) is 2.48. The Morgan fingerprint density at radius 3 is 2.39 bits per heavy atom. The molecule has 1 N–H and O–H groups in total. The van der Waals surface area contributed by atoms with Gasteiger partial charge in [-0.15, -0.1) is 6.42 Å². The van der Waals surface area contributed by atoms with Crippen molar-refractivity contribution in [3.05, 3.63) is 0 Å². The Bertz CT molecular complexity index is 280. The van der Waals surface area contributed by atoms with Crippen molar-refractivity contribution in [3.63, 3.8) is 0 Å². The molecule has 0 amide bonds. The van der Waals surface area contributed by atoms with Gasteiger partial charge in [0.1, 0.15) is 0 Å². The van der Waals surface area contributed by atoms with E-state index < -0.39 is 0 Å². The first-order chi connectivity index (χ1) is 8.33. The van der Waals surface area contributed by atoms with Crippen molar-refractivity contribution in [3.8, 4) is 12.3 Å². The molecule has 0 bridgehead atoms. The highest BCUT2D eigenvalue weighted by Crippen LogP contribution is 2.30. The molecule has 0 heterocycles. The van der Waals surface area contributed by atoms with Gasteiger partial charge in [0.2, 0.25) is 0 Å². The molecule has 2 unspecified atom stereocenters. The van der Waals surface area contributed by atoms with E-state index in [4.69, 9.17) is 6.42 Å². The molecule has 0 aromatic carbocycles. The molecule has 18 heavy (non-hydrogen) atoms. The van der Waals surface area contributed by atoms with Crippen molar-refractivity contribution in [2.75, 3.05) is 19.6 Å². The first-order valence-electron chi connectivity index (χ1n) is 7.26. The van der Waals surface area contributed by atoms with Crippen LogP contribution in [-0.2, 0) is 0 Å². The van der Waals surface area contributed by atoms with E-state index in [0.29, 0.717) is 12.0 Å². The Morgan fingerprint density at radius 2 is 1.94 bits per heavy atom. The SMILES string of the molecule is C#CCN(CC1CC1)C(C)C(C)CNC(C)(C)C. The first kappa shape index (κ1) is 15.5. The molecule has 0 radical (unpaired) electrons. The minimum atomic E-state index is 0.196. The van der Waals surface area contributed by atoms with Gasteiger partial charge >= 0.3 is 0 Å². The Labute approximate surface area is 114 Å². The molecule has 0 spiro atoms. The summed E-state index contributed by atoms with van der Waals surface area (Å²) in [7, 11) is 0. The smallest absolute Gasteiger partial charge is 0.0601 e. The highest BCUT2D eigenvalue weighted by atomic mass is 15.2. The first-order valence-corrected chi connectivity index (χ1v) is 7.26. The molecular weight excluding hydrogens is 220 g/mol. The number of hydrogen-bond donors (Lipinski definition) is 1. The van der Waals surface area contributed by atoms with Crippen LogP contribution >= 0.6 is 0 Å². The summed E-state index contributed by atoms with van der Waals surface area (Å²) in [6.07, 6.45) is 8.28. The van der Waals surface area contributed by atoms with Crippen LogP contribution in [0.4, 0.5) is 0 Å². The Hall–Kier alpha value is -0.520. The largest absolute Gasteiger partial charge is 0.312 e. The van der Waals surface area contributed by atoms with Crippen molar-refractivity contribution < 1.29 is 0 Å². The molecule has 2 heteroatoms. The average molecular weight is 250 g/mol. The van der Waals surface area contributed by atoms with Gasteiger partial charge in [-0.2, -0.15) is 0 Å². The van der Waals surface area contributed by atoms with Crippen molar-refractivity contribution in [1.82, 2.24) is 10.2 Å². The molecule has 1 aliphatic carbocycles.